The Hall–Kier alpha value is -3.42. The lowest BCUT2D eigenvalue weighted by atomic mass is 10.1. The van der Waals surface area contributed by atoms with Gasteiger partial charge in [-0.1, -0.05) is 6.07 Å². The molecule has 1 aliphatic carbocycles. The number of fused-ring (bicyclic) bond motifs is 2. The first kappa shape index (κ1) is 18.6. The van der Waals surface area contributed by atoms with Crippen LogP contribution in [0.4, 0.5) is 5.82 Å². The Morgan fingerprint density at radius 3 is 2.90 bits per heavy atom. The van der Waals surface area contributed by atoms with Gasteiger partial charge in [0.2, 0.25) is 5.71 Å². The largest absolute Gasteiger partial charge is 0.442 e. The average Bonchev–Trinajstić information content (AvgIpc) is 3.13. The smallest absolute Gasteiger partial charge is 0.255 e. The van der Waals surface area contributed by atoms with E-state index in [0.717, 1.165) is 29.7 Å². The maximum Gasteiger partial charge on any atom is 0.255 e. The van der Waals surface area contributed by atoms with Crippen LogP contribution in [-0.4, -0.2) is 37.9 Å². The summed E-state index contributed by atoms with van der Waals surface area (Å²) in [5.74, 6) is 1.83. The Bertz CT molecular complexity index is 1270. The van der Waals surface area contributed by atoms with E-state index in [4.69, 9.17) is 4.42 Å². The molecule has 3 aromatic heterocycles. The molecular weight excluding hydrogens is 380 g/mol. The van der Waals surface area contributed by atoms with Gasteiger partial charge in [-0.2, -0.15) is 0 Å². The molecule has 4 aromatic rings. The fourth-order valence-corrected chi connectivity index (χ4v) is 3.68. The van der Waals surface area contributed by atoms with Crippen molar-refractivity contribution < 1.29 is 9.21 Å². The van der Waals surface area contributed by atoms with Crippen LogP contribution in [0.2, 0.25) is 0 Å². The molecule has 5 rings (SSSR count). The summed E-state index contributed by atoms with van der Waals surface area (Å²) in [4.78, 5) is 29.5. The number of carbonyl (C=O) groups is 1. The SMILES string of the molecule is Cc1ccc2[nH]c(CCNC(=O)c3c(C)oc4ncnc(NC5(C)CC5)c34)nc2c1. The Balaban J connectivity index is 1.34. The maximum absolute atomic E-state index is 13.0. The van der Waals surface area contributed by atoms with Crippen LogP contribution < -0.4 is 10.6 Å². The Labute approximate surface area is 173 Å². The summed E-state index contributed by atoms with van der Waals surface area (Å²) < 4.78 is 5.74. The molecule has 8 heteroatoms. The van der Waals surface area contributed by atoms with Gasteiger partial charge in [-0.05, 0) is 51.3 Å². The molecule has 3 N–H and O–H groups in total. The molecule has 0 unspecified atom stereocenters. The predicted molar refractivity (Wildman–Crippen MR) is 115 cm³/mol. The lowest BCUT2D eigenvalue weighted by Gasteiger charge is -2.13. The summed E-state index contributed by atoms with van der Waals surface area (Å²) in [6, 6.07) is 6.12. The normalized spacial score (nSPS) is 14.9. The number of carbonyl (C=O) groups excluding carboxylic acids is 1. The average molecular weight is 404 g/mol. The zero-order chi connectivity index (χ0) is 20.9. The number of nitrogens with zero attached hydrogens (tertiary/aromatic N) is 3. The van der Waals surface area contributed by atoms with Crippen molar-refractivity contribution in [2.75, 3.05) is 11.9 Å². The number of aryl methyl sites for hydroxylation is 2. The van der Waals surface area contributed by atoms with E-state index in [1.165, 1.54) is 11.9 Å². The first-order valence-corrected chi connectivity index (χ1v) is 10.2. The maximum atomic E-state index is 13.0. The van der Waals surface area contributed by atoms with Crippen LogP contribution in [0.3, 0.4) is 0 Å². The minimum Gasteiger partial charge on any atom is -0.442 e. The number of anilines is 1. The summed E-state index contributed by atoms with van der Waals surface area (Å²) in [7, 11) is 0. The molecule has 0 radical (unpaired) electrons. The number of furan rings is 1. The molecular formula is C22H24N6O2. The lowest BCUT2D eigenvalue weighted by Crippen LogP contribution is -2.26. The first-order chi connectivity index (χ1) is 14.4. The summed E-state index contributed by atoms with van der Waals surface area (Å²) in [6.07, 6.45) is 4.22. The molecule has 0 aliphatic heterocycles. The third-order valence-corrected chi connectivity index (χ3v) is 5.65. The predicted octanol–water partition coefficient (Wildman–Crippen LogP) is 3.65. The summed E-state index contributed by atoms with van der Waals surface area (Å²) in [5.41, 5.74) is 4.04. The van der Waals surface area contributed by atoms with E-state index < -0.39 is 0 Å². The van der Waals surface area contributed by atoms with Crippen LogP contribution in [0.5, 0.6) is 0 Å². The Kier molecular flexibility index (Phi) is 4.23. The zero-order valence-electron chi connectivity index (χ0n) is 17.3. The van der Waals surface area contributed by atoms with Crippen LogP contribution in [0.15, 0.2) is 28.9 Å². The van der Waals surface area contributed by atoms with Crippen molar-refractivity contribution in [2.45, 2.75) is 45.6 Å². The second-order valence-electron chi connectivity index (χ2n) is 8.33. The topological polar surface area (TPSA) is 109 Å². The zero-order valence-corrected chi connectivity index (χ0v) is 17.3. The molecule has 1 saturated carbocycles. The highest BCUT2D eigenvalue weighted by atomic mass is 16.3. The number of aromatic amines is 1. The number of aromatic nitrogens is 4. The quantitative estimate of drug-likeness (QED) is 0.453. The molecule has 8 nitrogen and oxygen atoms in total. The van der Waals surface area contributed by atoms with Crippen molar-refractivity contribution in [2.24, 2.45) is 0 Å². The molecule has 1 aliphatic rings. The molecule has 3 heterocycles. The second-order valence-corrected chi connectivity index (χ2v) is 8.33. The van der Waals surface area contributed by atoms with Crippen LogP contribution >= 0.6 is 0 Å². The molecule has 0 atom stereocenters. The molecule has 30 heavy (non-hydrogen) atoms. The van der Waals surface area contributed by atoms with E-state index in [0.29, 0.717) is 41.2 Å². The minimum atomic E-state index is -0.197. The van der Waals surface area contributed by atoms with E-state index in [1.807, 2.05) is 19.1 Å². The molecule has 1 aromatic carbocycles. The van der Waals surface area contributed by atoms with Crippen molar-refractivity contribution in [3.8, 4) is 0 Å². The van der Waals surface area contributed by atoms with Gasteiger partial charge in [-0.3, -0.25) is 4.79 Å². The molecule has 0 saturated heterocycles. The summed E-state index contributed by atoms with van der Waals surface area (Å²) in [5, 5.41) is 7.06. The standard InChI is InChI=1S/C22H24N6O2/c1-12-4-5-14-15(10-12)27-16(26-14)6-9-23-20(29)17-13(2)30-21-18(17)19(24-11-25-21)28-22(3)7-8-22/h4-5,10-11H,6-9H2,1-3H3,(H,23,29)(H,26,27)(H,24,25,28). The van der Waals surface area contributed by atoms with E-state index in [9.17, 15) is 4.79 Å². The third-order valence-electron chi connectivity index (χ3n) is 5.65. The van der Waals surface area contributed by atoms with Gasteiger partial charge in [0, 0.05) is 18.5 Å². The molecule has 1 fully saturated rings. The number of amides is 1. The fraction of sp³-hybridized carbons (Fsp3) is 0.364. The number of hydrogen-bond donors (Lipinski definition) is 3. The number of imidazole rings is 1. The monoisotopic (exact) mass is 404 g/mol. The van der Waals surface area contributed by atoms with Gasteiger partial charge in [-0.15, -0.1) is 0 Å². The van der Waals surface area contributed by atoms with Crippen LogP contribution in [0, 0.1) is 13.8 Å². The van der Waals surface area contributed by atoms with Gasteiger partial charge < -0.3 is 20.0 Å². The number of H-pyrrole nitrogens is 1. The summed E-state index contributed by atoms with van der Waals surface area (Å²) >= 11 is 0. The highest BCUT2D eigenvalue weighted by Crippen LogP contribution is 2.40. The number of hydrogen-bond acceptors (Lipinski definition) is 6. The van der Waals surface area contributed by atoms with Gasteiger partial charge in [0.25, 0.3) is 5.91 Å². The number of benzene rings is 1. The van der Waals surface area contributed by atoms with Gasteiger partial charge in [0.15, 0.2) is 0 Å². The van der Waals surface area contributed by atoms with Gasteiger partial charge >= 0.3 is 0 Å². The van der Waals surface area contributed by atoms with E-state index in [-0.39, 0.29) is 11.4 Å². The van der Waals surface area contributed by atoms with E-state index in [1.54, 1.807) is 6.92 Å². The second kappa shape index (κ2) is 6.83. The van der Waals surface area contributed by atoms with Gasteiger partial charge in [-0.25, -0.2) is 15.0 Å². The molecule has 0 spiro atoms. The minimum absolute atomic E-state index is 0.0276. The van der Waals surface area contributed by atoms with E-state index in [2.05, 4.69) is 43.6 Å². The molecule has 0 bridgehead atoms. The fourth-order valence-electron chi connectivity index (χ4n) is 3.68. The number of rotatable bonds is 6. The highest BCUT2D eigenvalue weighted by Gasteiger charge is 2.38. The first-order valence-electron chi connectivity index (χ1n) is 10.2. The van der Waals surface area contributed by atoms with Crippen molar-refractivity contribution >= 4 is 33.9 Å². The summed E-state index contributed by atoms with van der Waals surface area (Å²) in [6.45, 7) is 6.42. The van der Waals surface area contributed by atoms with Crippen molar-refractivity contribution in [3.05, 3.63) is 47.2 Å². The third kappa shape index (κ3) is 3.38. The molecule has 154 valence electrons. The van der Waals surface area contributed by atoms with Crippen molar-refractivity contribution in [3.63, 3.8) is 0 Å². The highest BCUT2D eigenvalue weighted by molar-refractivity contribution is 6.10. The Morgan fingerprint density at radius 2 is 2.10 bits per heavy atom. The van der Waals surface area contributed by atoms with E-state index >= 15 is 0 Å². The van der Waals surface area contributed by atoms with Gasteiger partial charge in [0.05, 0.1) is 22.0 Å². The Morgan fingerprint density at radius 1 is 1.27 bits per heavy atom. The molecule has 1 amide bonds. The van der Waals surface area contributed by atoms with Crippen LogP contribution in [0.25, 0.3) is 22.1 Å². The number of nitrogens with one attached hydrogen (secondary N) is 3. The van der Waals surface area contributed by atoms with Gasteiger partial charge in [0.1, 0.15) is 23.7 Å². The van der Waals surface area contributed by atoms with Crippen molar-refractivity contribution in [1.29, 1.82) is 0 Å². The van der Waals surface area contributed by atoms with Crippen LogP contribution in [0.1, 0.15) is 47.3 Å². The lowest BCUT2D eigenvalue weighted by molar-refractivity contribution is 0.0954. The van der Waals surface area contributed by atoms with Crippen LogP contribution in [-0.2, 0) is 6.42 Å². The van der Waals surface area contributed by atoms with Crippen molar-refractivity contribution in [1.82, 2.24) is 25.3 Å².